The molecule has 1 aromatic heterocycles. The quantitative estimate of drug-likeness (QED) is 0.847. The Morgan fingerprint density at radius 2 is 2.12 bits per heavy atom. The molecule has 0 aliphatic heterocycles. The molecule has 0 unspecified atom stereocenters. The van der Waals surface area contributed by atoms with Crippen molar-refractivity contribution in [3.8, 4) is 5.88 Å². The molecule has 0 saturated heterocycles. The molecule has 1 rings (SSSR count). The Morgan fingerprint density at radius 1 is 1.50 bits per heavy atom. The van der Waals surface area contributed by atoms with E-state index in [1.807, 2.05) is 0 Å². The lowest BCUT2D eigenvalue weighted by molar-refractivity contribution is 0.0691. The molecule has 0 spiro atoms. The predicted octanol–water partition coefficient (Wildman–Crippen LogP) is 1.77. The molecular formula is C11H16N2O3. The van der Waals surface area contributed by atoms with Crippen molar-refractivity contribution in [3.05, 3.63) is 17.6 Å². The minimum absolute atomic E-state index is 0.0137. The third kappa shape index (κ3) is 3.18. The molecule has 88 valence electrons. The number of carbonyl (C=O) groups is 1. The molecule has 0 aromatic carbocycles. The van der Waals surface area contributed by atoms with Crippen LogP contribution in [0.4, 0.5) is 0 Å². The van der Waals surface area contributed by atoms with Crippen molar-refractivity contribution in [3.63, 3.8) is 0 Å². The van der Waals surface area contributed by atoms with Gasteiger partial charge in [-0.3, -0.25) is 0 Å². The van der Waals surface area contributed by atoms with E-state index in [4.69, 9.17) is 9.84 Å². The molecule has 0 radical (unpaired) electrons. The number of ether oxygens (including phenoxy) is 1. The molecule has 0 atom stereocenters. The Kier molecular flexibility index (Phi) is 3.47. The molecular weight excluding hydrogens is 208 g/mol. The highest BCUT2D eigenvalue weighted by Gasteiger charge is 2.18. The summed E-state index contributed by atoms with van der Waals surface area (Å²) < 4.78 is 4.93. The van der Waals surface area contributed by atoms with E-state index < -0.39 is 5.97 Å². The van der Waals surface area contributed by atoms with Crippen LogP contribution in [0.15, 0.2) is 6.20 Å². The normalized spacial score (nSPS) is 11.2. The molecule has 1 aromatic rings. The minimum Gasteiger partial charge on any atom is -0.480 e. The smallest absolute Gasteiger partial charge is 0.342 e. The maximum Gasteiger partial charge on any atom is 0.342 e. The van der Waals surface area contributed by atoms with Crippen molar-refractivity contribution in [1.29, 1.82) is 0 Å². The molecule has 1 N–H and O–H groups in total. The van der Waals surface area contributed by atoms with Gasteiger partial charge in [0.25, 0.3) is 0 Å². The van der Waals surface area contributed by atoms with Crippen LogP contribution in [0, 0.1) is 5.41 Å². The van der Waals surface area contributed by atoms with E-state index in [0.29, 0.717) is 12.2 Å². The average molecular weight is 224 g/mol. The second kappa shape index (κ2) is 4.47. The summed E-state index contributed by atoms with van der Waals surface area (Å²) in [7, 11) is 1.40. The molecule has 5 nitrogen and oxygen atoms in total. The van der Waals surface area contributed by atoms with Gasteiger partial charge in [-0.2, -0.15) is 4.98 Å². The number of rotatable bonds is 3. The average Bonchev–Trinajstić information content (AvgIpc) is 2.14. The van der Waals surface area contributed by atoms with E-state index in [2.05, 4.69) is 30.7 Å². The third-order valence-electron chi connectivity index (χ3n) is 1.92. The van der Waals surface area contributed by atoms with Crippen LogP contribution in [0.25, 0.3) is 0 Å². The van der Waals surface area contributed by atoms with Crippen molar-refractivity contribution < 1.29 is 14.6 Å². The zero-order chi connectivity index (χ0) is 12.3. The predicted molar refractivity (Wildman–Crippen MR) is 58.7 cm³/mol. The number of carboxylic acids is 1. The second-order valence-electron chi connectivity index (χ2n) is 4.75. The summed E-state index contributed by atoms with van der Waals surface area (Å²) in [6, 6.07) is 0. The van der Waals surface area contributed by atoms with Crippen LogP contribution in [0.2, 0.25) is 0 Å². The van der Waals surface area contributed by atoms with Crippen LogP contribution < -0.4 is 4.74 Å². The lowest BCUT2D eigenvalue weighted by Gasteiger charge is -2.17. The molecule has 5 heteroatoms. The fraction of sp³-hybridized carbons (Fsp3) is 0.545. The first-order valence-electron chi connectivity index (χ1n) is 4.96. The standard InChI is InChI=1S/C11H16N2O3/c1-11(2,3)5-8-12-6-7(10(14)15)9(13-8)16-4/h6H,5H2,1-4H3,(H,14,15). The Hall–Kier alpha value is -1.65. The number of aromatic carboxylic acids is 1. The highest BCUT2D eigenvalue weighted by Crippen LogP contribution is 2.21. The Balaban J connectivity index is 3.05. The monoisotopic (exact) mass is 224 g/mol. The van der Waals surface area contributed by atoms with E-state index in [-0.39, 0.29) is 16.9 Å². The molecule has 0 aliphatic rings. The lowest BCUT2D eigenvalue weighted by atomic mass is 9.92. The van der Waals surface area contributed by atoms with Crippen molar-refractivity contribution in [2.24, 2.45) is 5.41 Å². The molecule has 0 aliphatic carbocycles. The summed E-state index contributed by atoms with van der Waals surface area (Å²) in [5, 5.41) is 8.86. The highest BCUT2D eigenvalue weighted by molar-refractivity contribution is 5.89. The Bertz CT molecular complexity index is 397. The van der Waals surface area contributed by atoms with E-state index in [1.54, 1.807) is 0 Å². The fourth-order valence-corrected chi connectivity index (χ4v) is 1.26. The first-order chi connectivity index (χ1) is 7.33. The van der Waals surface area contributed by atoms with Crippen LogP contribution >= 0.6 is 0 Å². The lowest BCUT2D eigenvalue weighted by Crippen LogP contribution is -2.14. The van der Waals surface area contributed by atoms with Crippen LogP contribution in [0.3, 0.4) is 0 Å². The van der Waals surface area contributed by atoms with Crippen LogP contribution in [0.5, 0.6) is 5.88 Å². The largest absolute Gasteiger partial charge is 0.480 e. The van der Waals surface area contributed by atoms with Gasteiger partial charge in [0, 0.05) is 12.6 Å². The van der Waals surface area contributed by atoms with Gasteiger partial charge >= 0.3 is 5.97 Å². The van der Waals surface area contributed by atoms with Crippen molar-refractivity contribution >= 4 is 5.97 Å². The zero-order valence-electron chi connectivity index (χ0n) is 9.94. The zero-order valence-corrected chi connectivity index (χ0v) is 9.94. The van der Waals surface area contributed by atoms with E-state index in [0.717, 1.165) is 0 Å². The second-order valence-corrected chi connectivity index (χ2v) is 4.75. The third-order valence-corrected chi connectivity index (χ3v) is 1.92. The molecule has 0 bridgehead atoms. The van der Waals surface area contributed by atoms with Crippen molar-refractivity contribution in [2.45, 2.75) is 27.2 Å². The highest BCUT2D eigenvalue weighted by atomic mass is 16.5. The summed E-state index contributed by atoms with van der Waals surface area (Å²) in [4.78, 5) is 18.9. The molecule has 1 heterocycles. The van der Waals surface area contributed by atoms with Crippen LogP contribution in [0.1, 0.15) is 37.0 Å². The van der Waals surface area contributed by atoms with Gasteiger partial charge in [0.2, 0.25) is 5.88 Å². The first kappa shape index (κ1) is 12.4. The summed E-state index contributed by atoms with van der Waals surface area (Å²) in [6.45, 7) is 6.19. The maximum atomic E-state index is 10.8. The first-order valence-corrected chi connectivity index (χ1v) is 4.96. The number of hydrogen-bond donors (Lipinski definition) is 1. The van der Waals surface area contributed by atoms with Gasteiger partial charge in [-0.25, -0.2) is 9.78 Å². The number of nitrogens with zero attached hydrogens (tertiary/aromatic N) is 2. The van der Waals surface area contributed by atoms with Gasteiger partial charge in [-0.05, 0) is 5.41 Å². The van der Waals surface area contributed by atoms with E-state index >= 15 is 0 Å². The van der Waals surface area contributed by atoms with Gasteiger partial charge in [-0.15, -0.1) is 0 Å². The fourth-order valence-electron chi connectivity index (χ4n) is 1.26. The molecule has 0 saturated carbocycles. The van der Waals surface area contributed by atoms with E-state index in [1.165, 1.54) is 13.3 Å². The van der Waals surface area contributed by atoms with Gasteiger partial charge < -0.3 is 9.84 Å². The van der Waals surface area contributed by atoms with Crippen molar-refractivity contribution in [2.75, 3.05) is 7.11 Å². The number of hydrogen-bond acceptors (Lipinski definition) is 4. The maximum absolute atomic E-state index is 10.8. The van der Waals surface area contributed by atoms with Gasteiger partial charge in [0.1, 0.15) is 11.4 Å². The van der Waals surface area contributed by atoms with Crippen LogP contribution in [-0.4, -0.2) is 28.2 Å². The number of aromatic nitrogens is 2. The minimum atomic E-state index is -1.08. The molecule has 0 fully saturated rings. The molecule has 0 amide bonds. The Labute approximate surface area is 94.5 Å². The summed E-state index contributed by atoms with van der Waals surface area (Å²) >= 11 is 0. The summed E-state index contributed by atoms with van der Waals surface area (Å²) in [5.74, 6) is -0.379. The van der Waals surface area contributed by atoms with E-state index in [9.17, 15) is 4.79 Å². The van der Waals surface area contributed by atoms with Crippen molar-refractivity contribution in [1.82, 2.24) is 9.97 Å². The topological polar surface area (TPSA) is 72.3 Å². The number of methoxy groups -OCH3 is 1. The Morgan fingerprint density at radius 3 is 2.56 bits per heavy atom. The molecule has 16 heavy (non-hydrogen) atoms. The SMILES string of the molecule is COc1nc(CC(C)(C)C)ncc1C(=O)O. The number of carboxylic acid groups (broad SMARTS) is 1. The van der Waals surface area contributed by atoms with Gasteiger partial charge in [-0.1, -0.05) is 20.8 Å². The summed E-state index contributed by atoms with van der Waals surface area (Å²) in [6.07, 6.45) is 1.96. The summed E-state index contributed by atoms with van der Waals surface area (Å²) in [5.41, 5.74) is 0.0376. The van der Waals surface area contributed by atoms with Gasteiger partial charge in [0.05, 0.1) is 7.11 Å². The van der Waals surface area contributed by atoms with Gasteiger partial charge in [0.15, 0.2) is 0 Å². The van der Waals surface area contributed by atoms with Crippen LogP contribution in [-0.2, 0) is 6.42 Å².